The highest BCUT2D eigenvalue weighted by Gasteiger charge is 2.23. The van der Waals surface area contributed by atoms with Gasteiger partial charge in [0, 0.05) is 12.5 Å². The lowest BCUT2D eigenvalue weighted by atomic mass is 9.97. The summed E-state index contributed by atoms with van der Waals surface area (Å²) in [5.74, 6) is 0.543. The number of benzene rings is 1. The third-order valence-corrected chi connectivity index (χ3v) is 4.56. The molecule has 2 N–H and O–H groups in total. The van der Waals surface area contributed by atoms with E-state index in [1.54, 1.807) is 0 Å². The van der Waals surface area contributed by atoms with Crippen molar-refractivity contribution in [1.82, 2.24) is 15.1 Å². The molecule has 0 bridgehead atoms. The number of nitrogens with zero attached hydrogens (tertiary/aromatic N) is 3. The van der Waals surface area contributed by atoms with E-state index in [1.807, 2.05) is 0 Å². The number of rotatable bonds is 3. The van der Waals surface area contributed by atoms with Crippen LogP contribution >= 0.6 is 11.3 Å². The predicted octanol–water partition coefficient (Wildman–Crippen LogP) is 2.50. The van der Waals surface area contributed by atoms with Gasteiger partial charge in [0.1, 0.15) is 5.01 Å². The Morgan fingerprint density at radius 2 is 1.89 bits per heavy atom. The lowest BCUT2D eigenvalue weighted by Gasteiger charge is -2.30. The van der Waals surface area contributed by atoms with E-state index in [2.05, 4.69) is 45.4 Å². The lowest BCUT2D eigenvalue weighted by molar-refractivity contribution is 0.204. The molecule has 1 aromatic heterocycles. The van der Waals surface area contributed by atoms with Crippen LogP contribution in [-0.4, -0.2) is 28.2 Å². The molecule has 100 valence electrons. The van der Waals surface area contributed by atoms with Gasteiger partial charge in [0.05, 0.1) is 0 Å². The van der Waals surface area contributed by atoms with Crippen molar-refractivity contribution in [1.29, 1.82) is 0 Å². The van der Waals surface area contributed by atoms with Gasteiger partial charge in [-0.05, 0) is 31.5 Å². The molecule has 0 unspecified atom stereocenters. The van der Waals surface area contributed by atoms with Crippen LogP contribution in [-0.2, 0) is 6.54 Å². The van der Waals surface area contributed by atoms with Gasteiger partial charge in [-0.15, -0.1) is 10.2 Å². The standard InChI is InChI=1S/C14H18N4S/c15-14-17-16-13(19-14)12-6-8-18(9-7-12)10-11-4-2-1-3-5-11/h1-5,12H,6-10H2,(H2,15,17). The molecule has 0 saturated carbocycles. The van der Waals surface area contributed by atoms with Crippen molar-refractivity contribution in [2.24, 2.45) is 0 Å². The van der Waals surface area contributed by atoms with Crippen molar-refractivity contribution < 1.29 is 0 Å². The molecule has 2 aromatic rings. The molecule has 0 spiro atoms. The lowest BCUT2D eigenvalue weighted by Crippen LogP contribution is -2.32. The second kappa shape index (κ2) is 5.67. The number of likely N-dealkylation sites (tertiary alicyclic amines) is 1. The van der Waals surface area contributed by atoms with Crippen LogP contribution in [0.2, 0.25) is 0 Å². The van der Waals surface area contributed by atoms with Crippen LogP contribution in [0.15, 0.2) is 30.3 Å². The van der Waals surface area contributed by atoms with E-state index in [0.717, 1.165) is 37.5 Å². The maximum Gasteiger partial charge on any atom is 0.203 e. The van der Waals surface area contributed by atoms with E-state index in [0.29, 0.717) is 11.0 Å². The molecule has 2 heterocycles. The first-order valence-electron chi connectivity index (χ1n) is 6.66. The minimum Gasteiger partial charge on any atom is -0.374 e. The van der Waals surface area contributed by atoms with Crippen LogP contribution in [0, 0.1) is 0 Å². The van der Waals surface area contributed by atoms with Crippen LogP contribution in [0.4, 0.5) is 5.13 Å². The van der Waals surface area contributed by atoms with Crippen molar-refractivity contribution in [2.45, 2.75) is 25.3 Å². The number of nitrogens with two attached hydrogens (primary N) is 1. The Bertz CT molecular complexity index is 517. The van der Waals surface area contributed by atoms with Crippen molar-refractivity contribution in [3.05, 3.63) is 40.9 Å². The van der Waals surface area contributed by atoms with Gasteiger partial charge in [-0.2, -0.15) is 0 Å². The summed E-state index contributed by atoms with van der Waals surface area (Å²) in [6, 6.07) is 10.7. The molecule has 0 aliphatic carbocycles. The number of nitrogen functional groups attached to an aromatic ring is 1. The highest BCUT2D eigenvalue weighted by atomic mass is 32.1. The summed E-state index contributed by atoms with van der Waals surface area (Å²) in [5, 5.41) is 9.78. The Kier molecular flexibility index (Phi) is 3.75. The third kappa shape index (κ3) is 3.11. The van der Waals surface area contributed by atoms with Crippen LogP contribution in [0.3, 0.4) is 0 Å². The molecular formula is C14H18N4S. The van der Waals surface area contributed by atoms with Gasteiger partial charge >= 0.3 is 0 Å². The number of hydrogen-bond acceptors (Lipinski definition) is 5. The van der Waals surface area contributed by atoms with Crippen molar-refractivity contribution in [3.8, 4) is 0 Å². The summed E-state index contributed by atoms with van der Waals surface area (Å²) < 4.78 is 0. The highest BCUT2D eigenvalue weighted by Crippen LogP contribution is 2.31. The van der Waals surface area contributed by atoms with Gasteiger partial charge in [-0.3, -0.25) is 4.90 Å². The van der Waals surface area contributed by atoms with Gasteiger partial charge in [-0.25, -0.2) is 0 Å². The fourth-order valence-corrected chi connectivity index (χ4v) is 3.37. The largest absolute Gasteiger partial charge is 0.374 e. The van der Waals surface area contributed by atoms with E-state index >= 15 is 0 Å². The topological polar surface area (TPSA) is 55.0 Å². The minimum atomic E-state index is 0.543. The summed E-state index contributed by atoms with van der Waals surface area (Å²) in [7, 11) is 0. The summed E-state index contributed by atoms with van der Waals surface area (Å²) in [6.07, 6.45) is 2.31. The second-order valence-corrected chi connectivity index (χ2v) is 6.06. The number of hydrogen-bond donors (Lipinski definition) is 1. The monoisotopic (exact) mass is 274 g/mol. The zero-order valence-electron chi connectivity index (χ0n) is 10.8. The molecule has 5 heteroatoms. The van der Waals surface area contributed by atoms with Crippen LogP contribution in [0.5, 0.6) is 0 Å². The van der Waals surface area contributed by atoms with Crippen molar-refractivity contribution in [3.63, 3.8) is 0 Å². The zero-order chi connectivity index (χ0) is 13.1. The average molecular weight is 274 g/mol. The zero-order valence-corrected chi connectivity index (χ0v) is 11.6. The molecule has 1 saturated heterocycles. The molecule has 3 rings (SSSR count). The summed E-state index contributed by atoms with van der Waals surface area (Å²) in [6.45, 7) is 3.30. The summed E-state index contributed by atoms with van der Waals surface area (Å²) in [4.78, 5) is 2.51. The SMILES string of the molecule is Nc1nnc(C2CCN(Cc3ccccc3)CC2)s1. The van der Waals surface area contributed by atoms with E-state index in [4.69, 9.17) is 5.73 Å². The minimum absolute atomic E-state index is 0.543. The summed E-state index contributed by atoms with van der Waals surface area (Å²) in [5.41, 5.74) is 7.04. The van der Waals surface area contributed by atoms with E-state index in [-0.39, 0.29) is 0 Å². The first-order chi connectivity index (χ1) is 9.31. The maximum absolute atomic E-state index is 5.65. The normalized spacial score (nSPS) is 17.7. The fourth-order valence-electron chi connectivity index (χ4n) is 2.59. The molecule has 0 atom stereocenters. The molecule has 1 fully saturated rings. The molecule has 1 aliphatic rings. The smallest absolute Gasteiger partial charge is 0.203 e. The molecule has 4 nitrogen and oxygen atoms in total. The number of aromatic nitrogens is 2. The van der Waals surface area contributed by atoms with Crippen LogP contribution in [0.1, 0.15) is 29.3 Å². The Balaban J connectivity index is 1.55. The van der Waals surface area contributed by atoms with Gasteiger partial charge in [0.15, 0.2) is 0 Å². The van der Waals surface area contributed by atoms with E-state index < -0.39 is 0 Å². The molecule has 1 aromatic carbocycles. The Morgan fingerprint density at radius 1 is 1.16 bits per heavy atom. The Labute approximate surface area is 117 Å². The first kappa shape index (κ1) is 12.6. The predicted molar refractivity (Wildman–Crippen MR) is 78.0 cm³/mol. The van der Waals surface area contributed by atoms with Crippen LogP contribution in [0.25, 0.3) is 0 Å². The second-order valence-electron chi connectivity index (χ2n) is 5.01. The summed E-state index contributed by atoms with van der Waals surface area (Å²) >= 11 is 1.54. The van der Waals surface area contributed by atoms with Crippen molar-refractivity contribution in [2.75, 3.05) is 18.8 Å². The molecule has 0 radical (unpaired) electrons. The Morgan fingerprint density at radius 3 is 2.53 bits per heavy atom. The third-order valence-electron chi connectivity index (χ3n) is 3.64. The quantitative estimate of drug-likeness (QED) is 0.934. The van der Waals surface area contributed by atoms with Gasteiger partial charge in [0.2, 0.25) is 5.13 Å². The fraction of sp³-hybridized carbons (Fsp3) is 0.429. The van der Waals surface area contributed by atoms with E-state index in [9.17, 15) is 0 Å². The van der Waals surface area contributed by atoms with Crippen molar-refractivity contribution >= 4 is 16.5 Å². The first-order valence-corrected chi connectivity index (χ1v) is 7.48. The molecule has 0 amide bonds. The van der Waals surface area contributed by atoms with Gasteiger partial charge in [0.25, 0.3) is 0 Å². The van der Waals surface area contributed by atoms with Gasteiger partial charge < -0.3 is 5.73 Å². The number of anilines is 1. The number of piperidine rings is 1. The highest BCUT2D eigenvalue weighted by molar-refractivity contribution is 7.15. The van der Waals surface area contributed by atoms with Gasteiger partial charge in [-0.1, -0.05) is 41.7 Å². The maximum atomic E-state index is 5.65. The van der Waals surface area contributed by atoms with Crippen LogP contribution < -0.4 is 5.73 Å². The van der Waals surface area contributed by atoms with E-state index in [1.165, 1.54) is 16.9 Å². The molecule has 1 aliphatic heterocycles. The molecular weight excluding hydrogens is 256 g/mol. The average Bonchev–Trinajstić information content (AvgIpc) is 2.87. The molecule has 19 heavy (non-hydrogen) atoms. The Hall–Kier alpha value is -1.46.